The van der Waals surface area contributed by atoms with E-state index in [1.165, 1.54) is 18.4 Å². The topological polar surface area (TPSA) is 9.23 Å². The van der Waals surface area contributed by atoms with E-state index in [4.69, 9.17) is 4.74 Å². The number of allylic oxidation sites excluding steroid dienone is 2. The Balaban J connectivity index is 2.05. The highest BCUT2D eigenvalue weighted by atomic mass is 16.5. The van der Waals surface area contributed by atoms with E-state index in [2.05, 4.69) is 25.1 Å². The number of hydrogen-bond donors (Lipinski definition) is 0. The molecule has 0 unspecified atom stereocenters. The van der Waals surface area contributed by atoms with Crippen LogP contribution in [0, 0.1) is 0 Å². The predicted molar refractivity (Wildman–Crippen MR) is 58.4 cm³/mol. The van der Waals surface area contributed by atoms with Gasteiger partial charge in [0.15, 0.2) is 0 Å². The smallest absolute Gasteiger partial charge is 0.130 e. The molecule has 1 heteroatoms. The zero-order valence-corrected chi connectivity index (χ0v) is 8.62. The predicted octanol–water partition coefficient (Wildman–Crippen LogP) is 3.70. The van der Waals surface area contributed by atoms with Crippen LogP contribution in [0.4, 0.5) is 0 Å². The molecular weight excluding hydrogens is 172 g/mol. The normalized spacial score (nSPS) is 14.2. The first-order valence-electron chi connectivity index (χ1n) is 5.35. The third-order valence-electron chi connectivity index (χ3n) is 2.54. The van der Waals surface area contributed by atoms with Gasteiger partial charge in [0.1, 0.15) is 11.5 Å². The number of benzene rings is 1. The molecule has 0 amide bonds. The third kappa shape index (κ3) is 1.98. The number of para-hydroxylation sites is 1. The molecule has 0 spiro atoms. The van der Waals surface area contributed by atoms with E-state index in [0.717, 1.165) is 24.4 Å². The Kier molecular flexibility index (Phi) is 2.87. The summed E-state index contributed by atoms with van der Waals surface area (Å²) in [6.07, 6.45) is 6.74. The molecule has 0 N–H and O–H groups in total. The van der Waals surface area contributed by atoms with Gasteiger partial charge in [0.25, 0.3) is 0 Å². The molecule has 0 fully saturated rings. The van der Waals surface area contributed by atoms with Crippen molar-refractivity contribution in [1.82, 2.24) is 0 Å². The maximum Gasteiger partial charge on any atom is 0.130 e. The van der Waals surface area contributed by atoms with Crippen LogP contribution in [0.25, 0.3) is 0 Å². The molecule has 0 aromatic heterocycles. The first kappa shape index (κ1) is 9.32. The highest BCUT2D eigenvalue weighted by Gasteiger charge is 2.10. The van der Waals surface area contributed by atoms with Crippen LogP contribution in [0.15, 0.2) is 36.1 Å². The standard InChI is InChI=1S/C13H16O/c1-2-3-7-12-10-9-11-6-4-5-8-13(11)14-12/h4-6,8,10H,2-3,7,9H2,1H3. The second-order valence-corrected chi connectivity index (χ2v) is 3.69. The summed E-state index contributed by atoms with van der Waals surface area (Å²) in [6.45, 7) is 2.21. The summed E-state index contributed by atoms with van der Waals surface area (Å²) in [5, 5.41) is 0. The van der Waals surface area contributed by atoms with Crippen LogP contribution in [0.5, 0.6) is 5.75 Å². The number of rotatable bonds is 3. The van der Waals surface area contributed by atoms with Gasteiger partial charge < -0.3 is 4.74 Å². The second-order valence-electron chi connectivity index (χ2n) is 3.69. The SMILES string of the molecule is CCCCC1=CCc2ccccc2O1. The van der Waals surface area contributed by atoms with Crippen molar-refractivity contribution < 1.29 is 4.74 Å². The average Bonchev–Trinajstić information content (AvgIpc) is 2.26. The fraction of sp³-hybridized carbons (Fsp3) is 0.385. The molecule has 1 aliphatic rings. The van der Waals surface area contributed by atoms with Gasteiger partial charge in [-0.2, -0.15) is 0 Å². The van der Waals surface area contributed by atoms with Gasteiger partial charge >= 0.3 is 0 Å². The maximum atomic E-state index is 5.80. The Bertz CT molecular complexity index is 339. The van der Waals surface area contributed by atoms with Crippen molar-refractivity contribution in [2.45, 2.75) is 32.6 Å². The zero-order chi connectivity index (χ0) is 9.80. The minimum Gasteiger partial charge on any atom is -0.462 e. The Hall–Kier alpha value is -1.24. The summed E-state index contributed by atoms with van der Waals surface area (Å²) in [7, 11) is 0. The van der Waals surface area contributed by atoms with E-state index in [0.29, 0.717) is 0 Å². The van der Waals surface area contributed by atoms with Crippen molar-refractivity contribution >= 4 is 0 Å². The molecule has 1 heterocycles. The monoisotopic (exact) mass is 188 g/mol. The van der Waals surface area contributed by atoms with Crippen LogP contribution in [0.1, 0.15) is 31.7 Å². The summed E-state index contributed by atoms with van der Waals surface area (Å²) >= 11 is 0. The zero-order valence-electron chi connectivity index (χ0n) is 8.62. The minimum absolute atomic E-state index is 1.02. The molecule has 0 saturated heterocycles. The van der Waals surface area contributed by atoms with Crippen molar-refractivity contribution in [2.24, 2.45) is 0 Å². The Morgan fingerprint density at radius 1 is 1.29 bits per heavy atom. The number of ether oxygens (including phenoxy) is 1. The van der Waals surface area contributed by atoms with Gasteiger partial charge in [0.2, 0.25) is 0 Å². The van der Waals surface area contributed by atoms with E-state index >= 15 is 0 Å². The van der Waals surface area contributed by atoms with E-state index in [9.17, 15) is 0 Å². The van der Waals surface area contributed by atoms with Gasteiger partial charge in [0, 0.05) is 6.42 Å². The third-order valence-corrected chi connectivity index (χ3v) is 2.54. The van der Waals surface area contributed by atoms with Gasteiger partial charge in [0.05, 0.1) is 0 Å². The van der Waals surface area contributed by atoms with Crippen LogP contribution in [0.2, 0.25) is 0 Å². The lowest BCUT2D eigenvalue weighted by atomic mass is 10.1. The molecule has 1 aliphatic heterocycles. The van der Waals surface area contributed by atoms with Crippen molar-refractivity contribution in [1.29, 1.82) is 0 Å². The summed E-state index contributed by atoms with van der Waals surface area (Å²) in [4.78, 5) is 0. The molecule has 1 nitrogen and oxygen atoms in total. The minimum atomic E-state index is 1.02. The van der Waals surface area contributed by atoms with Crippen LogP contribution >= 0.6 is 0 Å². The fourth-order valence-electron chi connectivity index (χ4n) is 1.68. The molecule has 0 radical (unpaired) electrons. The summed E-state index contributed by atoms with van der Waals surface area (Å²) in [6, 6.07) is 8.27. The van der Waals surface area contributed by atoms with Gasteiger partial charge in [-0.05, 0) is 30.5 Å². The molecular formula is C13H16O. The first-order chi connectivity index (χ1) is 6.90. The first-order valence-corrected chi connectivity index (χ1v) is 5.35. The van der Waals surface area contributed by atoms with E-state index < -0.39 is 0 Å². The van der Waals surface area contributed by atoms with Gasteiger partial charge in [-0.3, -0.25) is 0 Å². The van der Waals surface area contributed by atoms with Crippen LogP contribution in [-0.2, 0) is 6.42 Å². The Labute approximate surface area is 85.4 Å². The highest BCUT2D eigenvalue weighted by molar-refractivity contribution is 5.38. The van der Waals surface area contributed by atoms with Gasteiger partial charge in [-0.25, -0.2) is 0 Å². The quantitative estimate of drug-likeness (QED) is 0.702. The summed E-state index contributed by atoms with van der Waals surface area (Å²) < 4.78 is 5.80. The van der Waals surface area contributed by atoms with Crippen molar-refractivity contribution in [3.8, 4) is 5.75 Å². The average molecular weight is 188 g/mol. The van der Waals surface area contributed by atoms with E-state index in [1.807, 2.05) is 12.1 Å². The highest BCUT2D eigenvalue weighted by Crippen LogP contribution is 2.27. The molecule has 0 bridgehead atoms. The van der Waals surface area contributed by atoms with Gasteiger partial charge in [-0.1, -0.05) is 31.5 Å². The number of unbranched alkanes of at least 4 members (excludes halogenated alkanes) is 1. The molecule has 74 valence electrons. The van der Waals surface area contributed by atoms with Crippen molar-refractivity contribution in [3.05, 3.63) is 41.7 Å². The maximum absolute atomic E-state index is 5.80. The molecule has 1 aromatic rings. The second kappa shape index (κ2) is 4.32. The van der Waals surface area contributed by atoms with Crippen LogP contribution in [0.3, 0.4) is 0 Å². The van der Waals surface area contributed by atoms with E-state index in [1.54, 1.807) is 0 Å². The lowest BCUT2D eigenvalue weighted by Gasteiger charge is -2.17. The molecule has 0 saturated carbocycles. The van der Waals surface area contributed by atoms with Crippen molar-refractivity contribution in [3.63, 3.8) is 0 Å². The largest absolute Gasteiger partial charge is 0.462 e. The molecule has 2 rings (SSSR count). The Morgan fingerprint density at radius 2 is 2.14 bits per heavy atom. The lowest BCUT2D eigenvalue weighted by molar-refractivity contribution is 0.384. The van der Waals surface area contributed by atoms with E-state index in [-0.39, 0.29) is 0 Å². The molecule has 0 aliphatic carbocycles. The summed E-state index contributed by atoms with van der Waals surface area (Å²) in [5.74, 6) is 2.19. The number of hydrogen-bond acceptors (Lipinski definition) is 1. The van der Waals surface area contributed by atoms with Crippen LogP contribution in [-0.4, -0.2) is 0 Å². The number of fused-ring (bicyclic) bond motifs is 1. The summed E-state index contributed by atoms with van der Waals surface area (Å²) in [5.41, 5.74) is 1.30. The fourth-order valence-corrected chi connectivity index (χ4v) is 1.68. The van der Waals surface area contributed by atoms with Gasteiger partial charge in [-0.15, -0.1) is 0 Å². The molecule has 0 atom stereocenters. The molecule has 14 heavy (non-hydrogen) atoms. The molecule has 1 aromatic carbocycles. The van der Waals surface area contributed by atoms with Crippen LogP contribution < -0.4 is 4.74 Å². The lowest BCUT2D eigenvalue weighted by Crippen LogP contribution is -2.04. The van der Waals surface area contributed by atoms with Crippen molar-refractivity contribution in [2.75, 3.05) is 0 Å². The Morgan fingerprint density at radius 3 is 3.00 bits per heavy atom.